The predicted molar refractivity (Wildman–Crippen MR) is 80.3 cm³/mol. The molecule has 1 heterocycles. The summed E-state index contributed by atoms with van der Waals surface area (Å²) in [6.07, 6.45) is 2.67. The summed E-state index contributed by atoms with van der Waals surface area (Å²) < 4.78 is 2.80. The minimum Gasteiger partial charge on any atom is -0.394 e. The Bertz CT molecular complexity index is 427. The maximum Gasteiger partial charge on any atom is 0.268 e. The lowest BCUT2D eigenvalue weighted by molar-refractivity contribution is 0.0897. The van der Waals surface area contributed by atoms with E-state index in [0.29, 0.717) is 11.6 Å². The van der Waals surface area contributed by atoms with Crippen molar-refractivity contribution in [2.45, 2.75) is 46.2 Å². The topological polar surface area (TPSA) is 54.3 Å². The predicted octanol–water partition coefficient (Wildman–Crippen LogP) is 2.97. The van der Waals surface area contributed by atoms with Gasteiger partial charge in [0.25, 0.3) is 5.91 Å². The zero-order valence-electron chi connectivity index (χ0n) is 12.0. The Hall–Kier alpha value is -0.810. The first-order chi connectivity index (χ1) is 8.85. The third-order valence-electron chi connectivity index (χ3n) is 2.92. The van der Waals surface area contributed by atoms with Crippen LogP contribution in [0.2, 0.25) is 0 Å². The molecule has 1 atom stereocenters. The number of aromatic nitrogens is 1. The fraction of sp³-hybridized carbons (Fsp3) is 0.643. The lowest BCUT2D eigenvalue weighted by Gasteiger charge is -2.19. The number of halogens is 1. The molecule has 1 amide bonds. The quantitative estimate of drug-likeness (QED) is 0.842. The van der Waals surface area contributed by atoms with Gasteiger partial charge in [0.05, 0.1) is 12.6 Å². The second-order valence-electron chi connectivity index (χ2n) is 5.53. The molecule has 0 aromatic carbocycles. The minimum atomic E-state index is -0.193. The molecule has 1 aromatic heterocycles. The summed E-state index contributed by atoms with van der Waals surface area (Å²) in [5.74, 6) is 0.292. The van der Waals surface area contributed by atoms with Crippen molar-refractivity contribution in [2.24, 2.45) is 5.92 Å². The van der Waals surface area contributed by atoms with Gasteiger partial charge in [-0.15, -0.1) is 0 Å². The van der Waals surface area contributed by atoms with Crippen LogP contribution in [-0.4, -0.2) is 28.2 Å². The Morgan fingerprint density at radius 3 is 2.53 bits per heavy atom. The highest BCUT2D eigenvalue weighted by atomic mass is 79.9. The lowest BCUT2D eigenvalue weighted by atomic mass is 10.0. The van der Waals surface area contributed by atoms with Crippen LogP contribution in [0.15, 0.2) is 16.7 Å². The second kappa shape index (κ2) is 7.10. The number of hydrogen-bond donors (Lipinski definition) is 2. The summed E-state index contributed by atoms with van der Waals surface area (Å²) in [6.45, 7) is 8.17. The van der Waals surface area contributed by atoms with Gasteiger partial charge >= 0.3 is 0 Å². The number of aliphatic hydroxyl groups excluding tert-OH is 1. The van der Waals surface area contributed by atoms with Crippen molar-refractivity contribution in [3.8, 4) is 0 Å². The number of rotatable bonds is 6. The standard InChI is InChI=1S/C14H23BrN2O2/c1-9(2)5-12(8-18)16-14(19)13-6-11(15)7-17(13)10(3)4/h6-7,9-10,12,18H,5,8H2,1-4H3,(H,16,19). The highest BCUT2D eigenvalue weighted by Gasteiger charge is 2.18. The van der Waals surface area contributed by atoms with Crippen molar-refractivity contribution >= 4 is 21.8 Å². The van der Waals surface area contributed by atoms with Crippen LogP contribution >= 0.6 is 15.9 Å². The maximum absolute atomic E-state index is 12.3. The van der Waals surface area contributed by atoms with Crippen molar-refractivity contribution in [2.75, 3.05) is 6.61 Å². The summed E-state index contributed by atoms with van der Waals surface area (Å²) in [6, 6.07) is 1.82. The van der Waals surface area contributed by atoms with Gasteiger partial charge < -0.3 is 15.0 Å². The largest absolute Gasteiger partial charge is 0.394 e. The van der Waals surface area contributed by atoms with E-state index in [1.807, 2.05) is 24.6 Å². The number of amides is 1. The first kappa shape index (κ1) is 16.2. The molecule has 2 N–H and O–H groups in total. The molecular formula is C14H23BrN2O2. The molecule has 0 aliphatic carbocycles. The van der Waals surface area contributed by atoms with Crippen LogP contribution in [0.3, 0.4) is 0 Å². The summed E-state index contributed by atoms with van der Waals surface area (Å²) >= 11 is 3.39. The van der Waals surface area contributed by atoms with Crippen LogP contribution in [0.25, 0.3) is 0 Å². The van der Waals surface area contributed by atoms with E-state index in [9.17, 15) is 9.90 Å². The van der Waals surface area contributed by atoms with E-state index < -0.39 is 0 Å². The monoisotopic (exact) mass is 330 g/mol. The van der Waals surface area contributed by atoms with E-state index in [0.717, 1.165) is 10.9 Å². The number of aliphatic hydroxyl groups is 1. The highest BCUT2D eigenvalue weighted by Crippen LogP contribution is 2.19. The van der Waals surface area contributed by atoms with Gasteiger partial charge in [0.15, 0.2) is 0 Å². The molecule has 0 fully saturated rings. The molecule has 0 aliphatic heterocycles. The highest BCUT2D eigenvalue weighted by molar-refractivity contribution is 9.10. The van der Waals surface area contributed by atoms with Gasteiger partial charge in [-0.1, -0.05) is 13.8 Å². The molecule has 0 aliphatic rings. The molecule has 19 heavy (non-hydrogen) atoms. The Morgan fingerprint density at radius 1 is 1.42 bits per heavy atom. The van der Waals surface area contributed by atoms with Crippen molar-refractivity contribution in [1.82, 2.24) is 9.88 Å². The maximum atomic E-state index is 12.3. The van der Waals surface area contributed by atoms with Crippen molar-refractivity contribution in [3.05, 3.63) is 22.4 Å². The molecule has 5 heteroatoms. The first-order valence-corrected chi connectivity index (χ1v) is 7.43. The normalized spacial score (nSPS) is 13.1. The van der Waals surface area contributed by atoms with Crippen LogP contribution in [0.4, 0.5) is 0 Å². The number of nitrogens with zero attached hydrogens (tertiary/aromatic N) is 1. The Balaban J connectivity index is 2.82. The van der Waals surface area contributed by atoms with E-state index in [1.165, 1.54) is 0 Å². The summed E-state index contributed by atoms with van der Waals surface area (Å²) in [5, 5.41) is 12.2. The van der Waals surface area contributed by atoms with Gasteiger partial charge in [-0.2, -0.15) is 0 Å². The average molecular weight is 331 g/mol. The molecule has 4 nitrogen and oxygen atoms in total. The number of hydrogen-bond acceptors (Lipinski definition) is 2. The first-order valence-electron chi connectivity index (χ1n) is 6.64. The van der Waals surface area contributed by atoms with Gasteiger partial charge in [0.2, 0.25) is 0 Å². The van der Waals surface area contributed by atoms with Crippen LogP contribution < -0.4 is 5.32 Å². The third-order valence-corrected chi connectivity index (χ3v) is 3.35. The van der Waals surface area contributed by atoms with E-state index >= 15 is 0 Å². The van der Waals surface area contributed by atoms with Crippen molar-refractivity contribution in [3.63, 3.8) is 0 Å². The molecule has 0 saturated heterocycles. The number of nitrogens with one attached hydrogen (secondary N) is 1. The average Bonchev–Trinajstić information content (AvgIpc) is 2.70. The van der Waals surface area contributed by atoms with Gasteiger partial charge in [0, 0.05) is 16.7 Å². The molecule has 0 saturated carbocycles. The fourth-order valence-corrected chi connectivity index (χ4v) is 2.50. The van der Waals surface area contributed by atoms with Crippen LogP contribution in [0, 0.1) is 5.92 Å². The zero-order chi connectivity index (χ0) is 14.6. The van der Waals surface area contributed by atoms with E-state index in [-0.39, 0.29) is 24.6 Å². The molecule has 0 bridgehead atoms. The number of carbonyl (C=O) groups is 1. The summed E-state index contributed by atoms with van der Waals surface area (Å²) in [4.78, 5) is 12.3. The smallest absolute Gasteiger partial charge is 0.268 e. The molecule has 1 rings (SSSR count). The van der Waals surface area contributed by atoms with Gasteiger partial charge in [-0.25, -0.2) is 0 Å². The van der Waals surface area contributed by atoms with E-state index in [2.05, 4.69) is 35.1 Å². The molecule has 1 unspecified atom stereocenters. The molecule has 108 valence electrons. The molecule has 1 aromatic rings. The lowest BCUT2D eigenvalue weighted by Crippen LogP contribution is -2.39. The van der Waals surface area contributed by atoms with Crippen LogP contribution in [0.1, 0.15) is 50.6 Å². The Kier molecular flexibility index (Phi) is 6.07. The number of carbonyl (C=O) groups excluding carboxylic acids is 1. The zero-order valence-corrected chi connectivity index (χ0v) is 13.6. The van der Waals surface area contributed by atoms with Gasteiger partial charge in [0.1, 0.15) is 5.69 Å². The molecular weight excluding hydrogens is 308 g/mol. The van der Waals surface area contributed by atoms with E-state index in [4.69, 9.17) is 0 Å². The fourth-order valence-electron chi connectivity index (χ4n) is 2.06. The summed E-state index contributed by atoms with van der Waals surface area (Å²) in [7, 11) is 0. The van der Waals surface area contributed by atoms with Crippen molar-refractivity contribution in [1.29, 1.82) is 0 Å². The third kappa shape index (κ3) is 4.66. The summed E-state index contributed by atoms with van der Waals surface area (Å²) in [5.41, 5.74) is 0.615. The molecule has 0 radical (unpaired) electrons. The van der Waals surface area contributed by atoms with Crippen LogP contribution in [0.5, 0.6) is 0 Å². The van der Waals surface area contributed by atoms with Crippen LogP contribution in [-0.2, 0) is 0 Å². The Morgan fingerprint density at radius 2 is 2.05 bits per heavy atom. The minimum absolute atomic E-state index is 0.0342. The van der Waals surface area contributed by atoms with E-state index in [1.54, 1.807) is 6.07 Å². The van der Waals surface area contributed by atoms with Gasteiger partial charge in [-0.3, -0.25) is 4.79 Å². The Labute approximate surface area is 123 Å². The van der Waals surface area contributed by atoms with Crippen molar-refractivity contribution < 1.29 is 9.90 Å². The second-order valence-corrected chi connectivity index (χ2v) is 6.44. The van der Waals surface area contributed by atoms with Gasteiger partial charge in [-0.05, 0) is 48.2 Å². The SMILES string of the molecule is CC(C)CC(CO)NC(=O)c1cc(Br)cn1C(C)C. The molecule has 0 spiro atoms.